The van der Waals surface area contributed by atoms with Gasteiger partial charge in [0.2, 0.25) is 10.0 Å². The molecule has 1 N–H and O–H groups in total. The van der Waals surface area contributed by atoms with Crippen LogP contribution in [0.1, 0.15) is 49.7 Å². The van der Waals surface area contributed by atoms with E-state index in [9.17, 15) is 13.2 Å². The van der Waals surface area contributed by atoms with Crippen molar-refractivity contribution < 1.29 is 17.9 Å². The molecule has 0 radical (unpaired) electrons. The molecule has 0 saturated carbocycles. The SMILES string of the molecule is CS(=O)(=O)NC1CCCCN2C(=O)OCCCCCc3ccccc3-c3cccc(c3)CC12. The first-order valence-corrected chi connectivity index (χ1v) is 13.9. The van der Waals surface area contributed by atoms with Crippen molar-refractivity contribution in [1.29, 1.82) is 0 Å². The molecule has 1 saturated heterocycles. The number of amides is 1. The Hall–Kier alpha value is -2.38. The maximum atomic E-state index is 13.1. The lowest BCUT2D eigenvalue weighted by Crippen LogP contribution is -2.53. The number of benzene rings is 2. The lowest BCUT2D eigenvalue weighted by molar-refractivity contribution is 0.0808. The van der Waals surface area contributed by atoms with E-state index in [0.29, 0.717) is 26.0 Å². The van der Waals surface area contributed by atoms with E-state index in [4.69, 9.17) is 4.74 Å². The van der Waals surface area contributed by atoms with Gasteiger partial charge in [-0.3, -0.25) is 0 Å². The van der Waals surface area contributed by atoms with Gasteiger partial charge in [0.05, 0.1) is 18.9 Å². The van der Waals surface area contributed by atoms with Gasteiger partial charge < -0.3 is 9.64 Å². The molecule has 33 heavy (non-hydrogen) atoms. The molecule has 1 amide bonds. The van der Waals surface area contributed by atoms with Crippen LogP contribution in [0.2, 0.25) is 0 Å². The van der Waals surface area contributed by atoms with Crippen molar-refractivity contribution in [3.8, 4) is 11.1 Å². The topological polar surface area (TPSA) is 75.7 Å². The highest BCUT2D eigenvalue weighted by molar-refractivity contribution is 7.88. The summed E-state index contributed by atoms with van der Waals surface area (Å²) in [5.74, 6) is 0. The van der Waals surface area contributed by atoms with Crippen LogP contribution in [-0.4, -0.2) is 50.9 Å². The average Bonchev–Trinajstić information content (AvgIpc) is 2.97. The molecule has 0 spiro atoms. The Balaban J connectivity index is 1.73. The summed E-state index contributed by atoms with van der Waals surface area (Å²) in [5, 5.41) is 0. The molecule has 2 atom stereocenters. The molecule has 7 heteroatoms. The monoisotopic (exact) mass is 470 g/mol. The van der Waals surface area contributed by atoms with Crippen molar-refractivity contribution in [2.45, 2.75) is 63.5 Å². The van der Waals surface area contributed by atoms with Crippen LogP contribution >= 0.6 is 0 Å². The van der Waals surface area contributed by atoms with Crippen LogP contribution in [0.25, 0.3) is 11.1 Å². The first-order valence-electron chi connectivity index (χ1n) is 12.0. The minimum absolute atomic E-state index is 0.301. The number of nitrogens with one attached hydrogen (secondary N) is 1. The molecular weight excluding hydrogens is 436 g/mol. The van der Waals surface area contributed by atoms with E-state index in [-0.39, 0.29) is 18.2 Å². The Bertz CT molecular complexity index is 1070. The summed E-state index contributed by atoms with van der Waals surface area (Å²) in [7, 11) is -3.41. The number of cyclic esters (lactones) is 1. The van der Waals surface area contributed by atoms with Crippen LogP contribution in [0.3, 0.4) is 0 Å². The minimum Gasteiger partial charge on any atom is -0.449 e. The van der Waals surface area contributed by atoms with Gasteiger partial charge in [0.1, 0.15) is 0 Å². The molecule has 2 aliphatic rings. The van der Waals surface area contributed by atoms with Crippen molar-refractivity contribution in [3.63, 3.8) is 0 Å². The number of fused-ring (bicyclic) bond motifs is 5. The second-order valence-electron chi connectivity index (χ2n) is 9.24. The van der Waals surface area contributed by atoms with E-state index in [0.717, 1.165) is 49.7 Å². The number of hydrogen-bond donors (Lipinski definition) is 1. The fraction of sp³-hybridized carbons (Fsp3) is 0.500. The zero-order chi connectivity index (χ0) is 23.3. The summed E-state index contributed by atoms with van der Waals surface area (Å²) in [4.78, 5) is 14.8. The molecular formula is C26H34N2O4S. The van der Waals surface area contributed by atoms with Crippen LogP contribution in [0, 0.1) is 0 Å². The molecule has 2 bridgehead atoms. The summed E-state index contributed by atoms with van der Waals surface area (Å²) < 4.78 is 32.7. The van der Waals surface area contributed by atoms with E-state index in [2.05, 4.69) is 53.3 Å². The Labute approximate surface area is 197 Å². The molecule has 2 heterocycles. The fourth-order valence-corrected chi connectivity index (χ4v) is 5.90. The number of carbonyl (C=O) groups excluding carboxylic acids is 1. The summed E-state index contributed by atoms with van der Waals surface area (Å²) in [5.41, 5.74) is 4.81. The quantitative estimate of drug-likeness (QED) is 0.700. The Morgan fingerprint density at radius 1 is 1.00 bits per heavy atom. The fourth-order valence-electron chi connectivity index (χ4n) is 5.08. The van der Waals surface area contributed by atoms with Gasteiger partial charge in [0, 0.05) is 12.6 Å². The number of hydrogen-bond acceptors (Lipinski definition) is 4. The van der Waals surface area contributed by atoms with Crippen LogP contribution in [0.5, 0.6) is 0 Å². The van der Waals surface area contributed by atoms with Gasteiger partial charge in [-0.2, -0.15) is 0 Å². The van der Waals surface area contributed by atoms with Crippen molar-refractivity contribution in [2.24, 2.45) is 0 Å². The van der Waals surface area contributed by atoms with Crippen molar-refractivity contribution in [1.82, 2.24) is 9.62 Å². The maximum absolute atomic E-state index is 13.1. The Kier molecular flexibility index (Phi) is 7.71. The van der Waals surface area contributed by atoms with E-state index in [1.807, 2.05) is 0 Å². The van der Waals surface area contributed by atoms with Crippen molar-refractivity contribution in [3.05, 3.63) is 59.7 Å². The van der Waals surface area contributed by atoms with Gasteiger partial charge in [-0.15, -0.1) is 0 Å². The molecule has 2 aromatic rings. The number of rotatable bonds is 2. The second-order valence-corrected chi connectivity index (χ2v) is 11.0. The largest absolute Gasteiger partial charge is 0.449 e. The van der Waals surface area contributed by atoms with Gasteiger partial charge in [0.25, 0.3) is 0 Å². The van der Waals surface area contributed by atoms with E-state index >= 15 is 0 Å². The number of ether oxygens (including phenoxy) is 1. The van der Waals surface area contributed by atoms with Crippen LogP contribution < -0.4 is 4.72 Å². The van der Waals surface area contributed by atoms with Crippen LogP contribution in [0.4, 0.5) is 4.79 Å². The van der Waals surface area contributed by atoms with E-state index < -0.39 is 10.0 Å². The summed E-state index contributed by atoms with van der Waals surface area (Å²) in [6.45, 7) is 0.968. The molecule has 0 aliphatic carbocycles. The first-order chi connectivity index (χ1) is 15.9. The molecule has 2 aromatic carbocycles. The van der Waals surface area contributed by atoms with Gasteiger partial charge in [-0.1, -0.05) is 55.0 Å². The number of nitrogens with zero attached hydrogens (tertiary/aromatic N) is 1. The third-order valence-corrected chi connectivity index (χ3v) is 7.38. The third-order valence-electron chi connectivity index (χ3n) is 6.65. The first kappa shape index (κ1) is 23.8. The highest BCUT2D eigenvalue weighted by Crippen LogP contribution is 2.29. The van der Waals surface area contributed by atoms with Crippen LogP contribution in [-0.2, 0) is 27.6 Å². The van der Waals surface area contributed by atoms with Gasteiger partial charge in [0.15, 0.2) is 0 Å². The third kappa shape index (κ3) is 6.36. The zero-order valence-electron chi connectivity index (χ0n) is 19.3. The minimum atomic E-state index is -3.41. The highest BCUT2D eigenvalue weighted by atomic mass is 32.2. The molecule has 2 aliphatic heterocycles. The second kappa shape index (κ2) is 10.7. The Morgan fingerprint density at radius 3 is 2.70 bits per heavy atom. The molecule has 0 aromatic heterocycles. The average molecular weight is 471 g/mol. The van der Waals surface area contributed by atoms with E-state index in [1.54, 1.807) is 4.90 Å². The maximum Gasteiger partial charge on any atom is 0.410 e. The summed E-state index contributed by atoms with van der Waals surface area (Å²) >= 11 is 0. The normalized spacial score (nSPS) is 22.7. The van der Waals surface area contributed by atoms with Crippen molar-refractivity contribution in [2.75, 3.05) is 19.4 Å². The number of aryl methyl sites for hydroxylation is 1. The predicted octanol–water partition coefficient (Wildman–Crippen LogP) is 4.53. The predicted molar refractivity (Wildman–Crippen MR) is 131 cm³/mol. The van der Waals surface area contributed by atoms with Crippen molar-refractivity contribution >= 4 is 16.1 Å². The standard InChI is InChI=1S/C26H34N2O4S/c1-33(30,31)27-24-15-6-7-16-28-25(24)19-20-10-9-13-22(18-20)23-14-5-4-12-21(23)11-3-2-8-17-32-26(28)29/h4-5,9-10,12-14,18,24-25,27H,2-3,6-8,11,15-17,19H2,1H3. The molecule has 4 rings (SSSR count). The molecule has 2 unspecified atom stereocenters. The van der Waals surface area contributed by atoms with E-state index in [1.165, 1.54) is 17.4 Å². The van der Waals surface area contributed by atoms with Crippen LogP contribution in [0.15, 0.2) is 48.5 Å². The molecule has 6 nitrogen and oxygen atoms in total. The summed E-state index contributed by atoms with van der Waals surface area (Å²) in [6.07, 6.45) is 7.66. The van der Waals surface area contributed by atoms with Gasteiger partial charge >= 0.3 is 6.09 Å². The van der Waals surface area contributed by atoms with Gasteiger partial charge in [-0.25, -0.2) is 17.9 Å². The zero-order valence-corrected chi connectivity index (χ0v) is 20.1. The van der Waals surface area contributed by atoms with Gasteiger partial charge in [-0.05, 0) is 67.2 Å². The highest BCUT2D eigenvalue weighted by Gasteiger charge is 2.35. The number of carbonyl (C=O) groups is 1. The molecule has 178 valence electrons. The Morgan fingerprint density at radius 2 is 1.85 bits per heavy atom. The lowest BCUT2D eigenvalue weighted by Gasteiger charge is -2.34. The summed E-state index contributed by atoms with van der Waals surface area (Å²) in [6, 6.07) is 16.3. The lowest BCUT2D eigenvalue weighted by atomic mass is 9.92. The smallest absolute Gasteiger partial charge is 0.410 e. The molecule has 1 fully saturated rings. The number of sulfonamides is 1.